The van der Waals surface area contributed by atoms with Crippen LogP contribution in [0.1, 0.15) is 19.8 Å². The second-order valence-corrected chi connectivity index (χ2v) is 8.98. The third-order valence-electron chi connectivity index (χ3n) is 6.61. The second kappa shape index (κ2) is 10.1. The number of carbonyl (C=O) groups is 2. The van der Waals surface area contributed by atoms with E-state index in [0.717, 1.165) is 0 Å². The Kier molecular flexibility index (Phi) is 7.84. The minimum Gasteiger partial charge on any atom is -0.482 e. The van der Waals surface area contributed by atoms with Crippen LogP contribution in [-0.2, 0) is 9.59 Å². The van der Waals surface area contributed by atoms with E-state index in [1.54, 1.807) is 30.0 Å². The molecule has 2 amide bonds. The number of halogens is 4. The highest BCUT2D eigenvalue weighted by Gasteiger charge is 2.49. The molecular formula is C23H29ClF3N3O4. The number of carbonyl (C=O) groups excluding carboxylic acids is 2. The minimum atomic E-state index is -4.43. The van der Waals surface area contributed by atoms with Gasteiger partial charge in [0.15, 0.2) is 6.61 Å². The van der Waals surface area contributed by atoms with Gasteiger partial charge >= 0.3 is 6.18 Å². The van der Waals surface area contributed by atoms with Crippen LogP contribution < -0.4 is 9.64 Å². The Morgan fingerprint density at radius 2 is 1.56 bits per heavy atom. The van der Waals surface area contributed by atoms with Gasteiger partial charge in [-0.3, -0.25) is 19.4 Å². The zero-order chi connectivity index (χ0) is 23.8. The summed E-state index contributed by atoms with van der Waals surface area (Å²) in [5.74, 6) is -1.00. The van der Waals surface area contributed by atoms with Gasteiger partial charge in [-0.1, -0.05) is 24.3 Å². The normalized spacial score (nSPS) is 25.1. The number of anilines is 1. The Morgan fingerprint density at radius 1 is 1.00 bits per heavy atom. The molecule has 3 unspecified atom stereocenters. The molecule has 1 aromatic carbocycles. The smallest absolute Gasteiger partial charge is 0.422 e. The molecule has 3 aliphatic rings. The molecule has 3 atom stereocenters. The number of likely N-dealkylation sites (tertiary alicyclic amines) is 1. The van der Waals surface area contributed by atoms with Crippen molar-refractivity contribution in [1.29, 1.82) is 0 Å². The maximum Gasteiger partial charge on any atom is 0.422 e. The zero-order valence-corrected chi connectivity index (χ0v) is 19.6. The van der Waals surface area contributed by atoms with E-state index in [1.807, 2.05) is 17.1 Å². The molecule has 2 aliphatic heterocycles. The number of allylic oxidation sites excluding steroid dienone is 2. The molecule has 7 nitrogen and oxygen atoms in total. The first-order valence-corrected chi connectivity index (χ1v) is 11.1. The number of fused-ring (bicyclic) bond motifs is 1. The van der Waals surface area contributed by atoms with Crippen molar-refractivity contribution in [2.24, 2.45) is 11.8 Å². The van der Waals surface area contributed by atoms with Gasteiger partial charge in [0, 0.05) is 26.2 Å². The number of alkyl halides is 3. The number of ether oxygens (including phenoxy) is 1. The number of hydrogen-bond acceptors (Lipinski definition) is 6. The van der Waals surface area contributed by atoms with Crippen LogP contribution in [-0.4, -0.2) is 78.0 Å². The number of aliphatic hydroxyl groups is 1. The lowest BCUT2D eigenvalue weighted by atomic mass is 9.85. The number of hydrogen-bond donors (Lipinski definition) is 1. The highest BCUT2D eigenvalue weighted by molar-refractivity contribution is 6.05. The molecule has 1 aromatic rings. The molecule has 0 spiro atoms. The predicted molar refractivity (Wildman–Crippen MR) is 122 cm³/mol. The molecule has 2 fully saturated rings. The van der Waals surface area contributed by atoms with Gasteiger partial charge in [-0.25, -0.2) is 0 Å². The highest BCUT2D eigenvalue weighted by atomic mass is 35.5. The van der Waals surface area contributed by atoms with Gasteiger partial charge in [0.2, 0.25) is 11.8 Å². The first-order chi connectivity index (χ1) is 15.6. The maximum absolute atomic E-state index is 12.8. The summed E-state index contributed by atoms with van der Waals surface area (Å²) in [4.78, 5) is 30.4. The van der Waals surface area contributed by atoms with Crippen molar-refractivity contribution in [3.63, 3.8) is 0 Å². The van der Waals surface area contributed by atoms with Crippen LogP contribution in [0, 0.1) is 11.8 Å². The fraction of sp³-hybridized carbons (Fsp3) is 0.565. The Balaban J connectivity index is 0.00000324. The summed E-state index contributed by atoms with van der Waals surface area (Å²) in [7, 11) is 0. The molecule has 0 bridgehead atoms. The van der Waals surface area contributed by atoms with E-state index >= 15 is 0 Å². The summed E-state index contributed by atoms with van der Waals surface area (Å²) in [6.45, 7) is 1.82. The average Bonchev–Trinajstić information content (AvgIpc) is 3.02. The van der Waals surface area contributed by atoms with Gasteiger partial charge in [-0.15, -0.1) is 12.4 Å². The third kappa shape index (κ3) is 5.50. The molecule has 11 heteroatoms. The summed E-state index contributed by atoms with van der Waals surface area (Å²) < 4.78 is 42.8. The van der Waals surface area contributed by atoms with Crippen molar-refractivity contribution in [3.8, 4) is 5.75 Å². The van der Waals surface area contributed by atoms with Crippen LogP contribution in [0.4, 0.5) is 18.9 Å². The Labute approximate surface area is 202 Å². The number of benzene rings is 1. The number of amides is 2. The number of β-amino-alcohol motifs (C(OH)–C–C–N with tert-alkyl or cyclic N) is 1. The van der Waals surface area contributed by atoms with Crippen molar-refractivity contribution in [3.05, 3.63) is 36.4 Å². The molecule has 2 heterocycles. The molecule has 4 rings (SSSR count). The number of piperazine rings is 1. The fourth-order valence-corrected chi connectivity index (χ4v) is 4.85. The van der Waals surface area contributed by atoms with E-state index in [9.17, 15) is 27.9 Å². The standard InChI is InChI=1S/C23H28F3N3O4.ClH/c1-22(32,14-29-20(30)16-6-2-3-7-17(16)21(29)31)28-12-10-27(11-13-28)18-8-4-5-9-19(18)33-15-23(24,25)26;/h2-5,8-9,16-17,32H,6-7,10-15H2,1H3;1H. The lowest BCUT2D eigenvalue weighted by molar-refractivity contribution is -0.154. The number of para-hydroxylation sites is 2. The van der Waals surface area contributed by atoms with Gasteiger partial charge in [0.1, 0.15) is 11.5 Å². The maximum atomic E-state index is 12.8. The number of imide groups is 1. The van der Waals surface area contributed by atoms with E-state index in [-0.39, 0.29) is 48.4 Å². The van der Waals surface area contributed by atoms with Crippen LogP contribution in [0.5, 0.6) is 5.75 Å². The van der Waals surface area contributed by atoms with Crippen LogP contribution in [0.25, 0.3) is 0 Å². The average molecular weight is 504 g/mol. The summed E-state index contributed by atoms with van der Waals surface area (Å²) in [6, 6.07) is 6.56. The molecule has 2 saturated heterocycles. The van der Waals surface area contributed by atoms with Crippen LogP contribution in [0.2, 0.25) is 0 Å². The first kappa shape index (κ1) is 26.3. The molecule has 0 saturated carbocycles. The quantitative estimate of drug-likeness (QED) is 0.475. The summed E-state index contributed by atoms with van der Waals surface area (Å²) >= 11 is 0. The second-order valence-electron chi connectivity index (χ2n) is 8.98. The topological polar surface area (TPSA) is 73.3 Å². The molecule has 0 radical (unpaired) electrons. The molecule has 0 aromatic heterocycles. The third-order valence-corrected chi connectivity index (χ3v) is 6.61. The van der Waals surface area contributed by atoms with Gasteiger partial charge in [-0.2, -0.15) is 13.2 Å². The largest absolute Gasteiger partial charge is 0.482 e. The Hall–Kier alpha value is -2.30. The molecule has 34 heavy (non-hydrogen) atoms. The van der Waals surface area contributed by atoms with Crippen molar-refractivity contribution in [1.82, 2.24) is 9.80 Å². The van der Waals surface area contributed by atoms with E-state index in [2.05, 4.69) is 0 Å². The summed E-state index contributed by atoms with van der Waals surface area (Å²) in [5.41, 5.74) is -0.854. The van der Waals surface area contributed by atoms with E-state index < -0.39 is 18.5 Å². The highest BCUT2D eigenvalue weighted by Crippen LogP contribution is 2.36. The lowest BCUT2D eigenvalue weighted by Gasteiger charge is -2.44. The van der Waals surface area contributed by atoms with E-state index in [1.165, 1.54) is 11.0 Å². The van der Waals surface area contributed by atoms with Crippen molar-refractivity contribution >= 4 is 29.9 Å². The monoisotopic (exact) mass is 503 g/mol. The summed E-state index contributed by atoms with van der Waals surface area (Å²) in [5, 5.41) is 11.1. The zero-order valence-electron chi connectivity index (χ0n) is 18.8. The van der Waals surface area contributed by atoms with Crippen LogP contribution in [0.3, 0.4) is 0 Å². The Bertz CT molecular complexity index is 906. The molecular weight excluding hydrogens is 475 g/mol. The van der Waals surface area contributed by atoms with Crippen molar-refractivity contribution in [2.75, 3.05) is 44.2 Å². The van der Waals surface area contributed by atoms with Crippen LogP contribution >= 0.6 is 12.4 Å². The lowest BCUT2D eigenvalue weighted by Crippen LogP contribution is -2.60. The summed E-state index contributed by atoms with van der Waals surface area (Å²) in [6.07, 6.45) is 0.500. The van der Waals surface area contributed by atoms with E-state index in [4.69, 9.17) is 4.74 Å². The number of nitrogens with zero attached hydrogens (tertiary/aromatic N) is 3. The van der Waals surface area contributed by atoms with Gasteiger partial charge < -0.3 is 14.7 Å². The molecule has 1 aliphatic carbocycles. The van der Waals surface area contributed by atoms with Gasteiger partial charge in [0.25, 0.3) is 0 Å². The fourth-order valence-electron chi connectivity index (χ4n) is 4.85. The minimum absolute atomic E-state index is 0. The molecule has 188 valence electrons. The van der Waals surface area contributed by atoms with Crippen LogP contribution in [0.15, 0.2) is 36.4 Å². The number of rotatable bonds is 6. The molecule has 1 N–H and O–H groups in total. The van der Waals surface area contributed by atoms with Gasteiger partial charge in [0.05, 0.1) is 24.1 Å². The van der Waals surface area contributed by atoms with Gasteiger partial charge in [-0.05, 0) is 31.9 Å². The predicted octanol–water partition coefficient (Wildman–Crippen LogP) is 2.83. The SMILES string of the molecule is CC(O)(CN1C(=O)C2CC=CCC2C1=O)N1CCN(c2ccccc2OCC(F)(F)F)CC1.Cl. The van der Waals surface area contributed by atoms with Crippen molar-refractivity contribution < 1.29 is 32.6 Å². The first-order valence-electron chi connectivity index (χ1n) is 11.1. The Morgan fingerprint density at radius 3 is 2.12 bits per heavy atom. The van der Waals surface area contributed by atoms with Crippen molar-refractivity contribution in [2.45, 2.75) is 31.7 Å². The van der Waals surface area contributed by atoms with E-state index in [0.29, 0.717) is 44.7 Å².